The lowest BCUT2D eigenvalue weighted by Gasteiger charge is -2.36. The van der Waals surface area contributed by atoms with Crippen molar-refractivity contribution in [3.05, 3.63) is 52.7 Å². The molecule has 3 aromatic rings. The molecule has 0 saturated carbocycles. The maximum atomic E-state index is 12.7. The van der Waals surface area contributed by atoms with Crippen LogP contribution >= 0.6 is 23.1 Å². The van der Waals surface area contributed by atoms with Gasteiger partial charge in [-0.15, -0.1) is 21.5 Å². The summed E-state index contributed by atoms with van der Waals surface area (Å²) in [4.78, 5) is 14.0. The molecule has 2 aromatic heterocycles. The van der Waals surface area contributed by atoms with Gasteiger partial charge in [0, 0.05) is 10.6 Å². The minimum Gasteiger partial charge on any atom is -0.316 e. The average molecular weight is 466 g/mol. The van der Waals surface area contributed by atoms with Gasteiger partial charge in [-0.1, -0.05) is 57.2 Å². The van der Waals surface area contributed by atoms with Gasteiger partial charge in [0.05, 0.1) is 11.3 Å². The SMILES string of the molecule is CCC(C)(C)C1CCc2c(sc(NC(=O)CSc3nncn3-c3ccccc3)c2C#N)C1. The van der Waals surface area contributed by atoms with Crippen LogP contribution in [0.2, 0.25) is 0 Å². The van der Waals surface area contributed by atoms with Gasteiger partial charge in [-0.25, -0.2) is 0 Å². The van der Waals surface area contributed by atoms with Crippen molar-refractivity contribution in [1.29, 1.82) is 5.26 Å². The van der Waals surface area contributed by atoms with Crippen LogP contribution in [-0.2, 0) is 17.6 Å². The second-order valence-corrected chi connectivity index (χ2v) is 10.8. The van der Waals surface area contributed by atoms with Crippen LogP contribution in [0.3, 0.4) is 0 Å². The lowest BCUT2D eigenvalue weighted by atomic mass is 9.69. The van der Waals surface area contributed by atoms with Gasteiger partial charge in [0.25, 0.3) is 0 Å². The zero-order chi connectivity index (χ0) is 22.7. The van der Waals surface area contributed by atoms with Gasteiger partial charge in [-0.2, -0.15) is 5.26 Å². The summed E-state index contributed by atoms with van der Waals surface area (Å²) < 4.78 is 1.86. The third kappa shape index (κ3) is 4.59. The van der Waals surface area contributed by atoms with E-state index in [4.69, 9.17) is 0 Å². The van der Waals surface area contributed by atoms with Crippen LogP contribution in [0, 0.1) is 22.7 Å². The van der Waals surface area contributed by atoms with Crippen LogP contribution in [0.1, 0.15) is 49.6 Å². The fourth-order valence-electron chi connectivity index (χ4n) is 4.13. The Morgan fingerprint density at radius 3 is 2.88 bits per heavy atom. The molecule has 0 fully saturated rings. The molecule has 0 aliphatic heterocycles. The number of aromatic nitrogens is 3. The molecule has 1 N–H and O–H groups in total. The van der Waals surface area contributed by atoms with E-state index in [0.29, 0.717) is 21.6 Å². The fourth-order valence-corrected chi connectivity index (χ4v) is 6.15. The largest absolute Gasteiger partial charge is 0.316 e. The Bertz CT molecular complexity index is 1140. The van der Waals surface area contributed by atoms with E-state index in [1.54, 1.807) is 17.7 Å². The standard InChI is InChI=1S/C24H27N5OS2/c1-4-24(2,3)16-10-11-18-19(13-25)22(32-20(18)12-16)27-21(30)14-31-23-28-26-15-29(23)17-8-6-5-7-9-17/h5-9,15-16H,4,10-12,14H2,1-3H3,(H,27,30). The number of carbonyl (C=O) groups is 1. The van der Waals surface area contributed by atoms with Crippen LogP contribution in [0.5, 0.6) is 0 Å². The van der Waals surface area contributed by atoms with Crippen molar-refractivity contribution in [2.45, 2.75) is 51.6 Å². The number of para-hydroxylation sites is 1. The van der Waals surface area contributed by atoms with Gasteiger partial charge in [0.1, 0.15) is 17.4 Å². The molecule has 4 rings (SSSR count). The summed E-state index contributed by atoms with van der Waals surface area (Å²) in [6, 6.07) is 12.1. The Balaban J connectivity index is 1.44. The Morgan fingerprint density at radius 1 is 1.38 bits per heavy atom. The molecule has 0 radical (unpaired) electrons. The lowest BCUT2D eigenvalue weighted by molar-refractivity contribution is -0.113. The molecule has 1 atom stereocenters. The zero-order valence-electron chi connectivity index (χ0n) is 18.6. The number of thiophene rings is 1. The van der Waals surface area contributed by atoms with E-state index in [0.717, 1.165) is 36.9 Å². The van der Waals surface area contributed by atoms with E-state index in [2.05, 4.69) is 42.4 Å². The molecule has 8 heteroatoms. The molecular weight excluding hydrogens is 438 g/mol. The van der Waals surface area contributed by atoms with Gasteiger partial charge in [0.15, 0.2) is 5.16 Å². The first-order chi connectivity index (χ1) is 15.4. The highest BCUT2D eigenvalue weighted by molar-refractivity contribution is 7.99. The molecule has 1 amide bonds. The van der Waals surface area contributed by atoms with E-state index < -0.39 is 0 Å². The minimum absolute atomic E-state index is 0.141. The molecular formula is C24H27N5OS2. The highest BCUT2D eigenvalue weighted by atomic mass is 32.2. The van der Waals surface area contributed by atoms with E-state index in [-0.39, 0.29) is 17.1 Å². The molecule has 1 aliphatic carbocycles. The molecule has 0 spiro atoms. The van der Waals surface area contributed by atoms with Gasteiger partial charge in [0.2, 0.25) is 5.91 Å². The first-order valence-electron chi connectivity index (χ1n) is 10.9. The molecule has 6 nitrogen and oxygen atoms in total. The van der Waals surface area contributed by atoms with Crippen LogP contribution in [0.4, 0.5) is 5.00 Å². The van der Waals surface area contributed by atoms with Crippen molar-refractivity contribution in [3.63, 3.8) is 0 Å². The summed E-state index contributed by atoms with van der Waals surface area (Å²) in [5.74, 6) is 0.663. The molecule has 0 bridgehead atoms. The van der Waals surface area contributed by atoms with Crippen LogP contribution in [0.25, 0.3) is 5.69 Å². The average Bonchev–Trinajstić information content (AvgIpc) is 3.41. The number of anilines is 1. The number of nitrogens with zero attached hydrogens (tertiary/aromatic N) is 4. The van der Waals surface area contributed by atoms with Crippen LogP contribution < -0.4 is 5.32 Å². The Hall–Kier alpha value is -2.63. The number of rotatable bonds is 7. The van der Waals surface area contributed by atoms with Crippen molar-refractivity contribution >= 4 is 34.0 Å². The minimum atomic E-state index is -0.141. The fraction of sp³-hybridized carbons (Fsp3) is 0.417. The van der Waals surface area contributed by atoms with Crippen molar-refractivity contribution in [1.82, 2.24) is 14.8 Å². The Kier molecular flexibility index (Phi) is 6.68. The molecule has 166 valence electrons. The number of fused-ring (bicyclic) bond motifs is 1. The number of hydrogen-bond acceptors (Lipinski definition) is 6. The molecule has 0 saturated heterocycles. The third-order valence-electron chi connectivity index (χ3n) is 6.53. The molecule has 32 heavy (non-hydrogen) atoms. The number of nitriles is 1. The highest BCUT2D eigenvalue weighted by Crippen LogP contribution is 2.45. The van der Waals surface area contributed by atoms with E-state index in [9.17, 15) is 10.1 Å². The summed E-state index contributed by atoms with van der Waals surface area (Å²) in [6.07, 6.45) is 5.77. The lowest BCUT2D eigenvalue weighted by Crippen LogP contribution is -2.28. The predicted octanol–water partition coefficient (Wildman–Crippen LogP) is 5.47. The summed E-state index contributed by atoms with van der Waals surface area (Å²) in [7, 11) is 0. The third-order valence-corrected chi connectivity index (χ3v) is 8.64. The van der Waals surface area contributed by atoms with Crippen molar-refractivity contribution in [2.24, 2.45) is 11.3 Å². The smallest absolute Gasteiger partial charge is 0.235 e. The van der Waals surface area contributed by atoms with Gasteiger partial charge in [-0.05, 0) is 48.3 Å². The summed E-state index contributed by atoms with van der Waals surface area (Å²) in [5.41, 5.74) is 3.00. The molecule has 2 heterocycles. The summed E-state index contributed by atoms with van der Waals surface area (Å²) in [6.45, 7) is 6.90. The number of benzene rings is 1. The number of amides is 1. The van der Waals surface area contributed by atoms with Crippen molar-refractivity contribution < 1.29 is 4.79 Å². The molecule has 1 unspecified atom stereocenters. The number of thioether (sulfide) groups is 1. The van der Waals surface area contributed by atoms with Crippen LogP contribution in [-0.4, -0.2) is 26.4 Å². The second kappa shape index (κ2) is 9.47. The molecule has 1 aromatic carbocycles. The number of nitrogens with one attached hydrogen (secondary N) is 1. The molecule has 1 aliphatic rings. The maximum absolute atomic E-state index is 12.7. The van der Waals surface area contributed by atoms with Gasteiger partial charge >= 0.3 is 0 Å². The maximum Gasteiger partial charge on any atom is 0.235 e. The van der Waals surface area contributed by atoms with Crippen molar-refractivity contribution in [2.75, 3.05) is 11.1 Å². The topological polar surface area (TPSA) is 83.6 Å². The zero-order valence-corrected chi connectivity index (χ0v) is 20.2. The summed E-state index contributed by atoms with van der Waals surface area (Å²) in [5, 5.41) is 22.2. The van der Waals surface area contributed by atoms with E-state index in [1.807, 2.05) is 34.9 Å². The van der Waals surface area contributed by atoms with Crippen LogP contribution in [0.15, 0.2) is 41.8 Å². The first-order valence-corrected chi connectivity index (χ1v) is 12.7. The second-order valence-electron chi connectivity index (χ2n) is 8.76. The monoisotopic (exact) mass is 465 g/mol. The Labute approximate surface area is 197 Å². The highest BCUT2D eigenvalue weighted by Gasteiger charge is 2.34. The normalized spacial score (nSPS) is 15.8. The Morgan fingerprint density at radius 2 is 2.16 bits per heavy atom. The number of carbonyl (C=O) groups excluding carboxylic acids is 1. The quantitative estimate of drug-likeness (QED) is 0.468. The first kappa shape index (κ1) is 22.6. The van der Waals surface area contributed by atoms with E-state index in [1.165, 1.54) is 16.6 Å². The predicted molar refractivity (Wildman–Crippen MR) is 129 cm³/mol. The number of hydrogen-bond donors (Lipinski definition) is 1. The summed E-state index contributed by atoms with van der Waals surface area (Å²) >= 11 is 2.90. The van der Waals surface area contributed by atoms with Crippen molar-refractivity contribution in [3.8, 4) is 11.8 Å². The van der Waals surface area contributed by atoms with Gasteiger partial charge < -0.3 is 5.32 Å². The van der Waals surface area contributed by atoms with Gasteiger partial charge in [-0.3, -0.25) is 9.36 Å². The van der Waals surface area contributed by atoms with E-state index >= 15 is 0 Å².